The number of carbonyl (C=O) groups is 1. The molecule has 2 N–H and O–H groups in total. The Bertz CT molecular complexity index is 370. The van der Waals surface area contributed by atoms with Crippen molar-refractivity contribution in [2.24, 2.45) is 0 Å². The van der Waals surface area contributed by atoms with Gasteiger partial charge in [0.2, 0.25) is 0 Å². The van der Waals surface area contributed by atoms with Crippen LogP contribution in [0.2, 0.25) is 0 Å². The van der Waals surface area contributed by atoms with Crippen LogP contribution in [0.1, 0.15) is 23.2 Å². The number of nitrogens with zero attached hydrogens (tertiary/aromatic N) is 1. The highest BCUT2D eigenvalue weighted by molar-refractivity contribution is 5.94. The van der Waals surface area contributed by atoms with E-state index >= 15 is 0 Å². The van der Waals surface area contributed by atoms with Gasteiger partial charge in [-0.15, -0.1) is 0 Å². The first-order valence-electron chi connectivity index (χ1n) is 5.11. The summed E-state index contributed by atoms with van der Waals surface area (Å²) < 4.78 is 0. The first kappa shape index (κ1) is 12.2. The standard InChI is InChI=1S/C12H14N2O2/c13-8-4-7-11(9-15)14-12(16)10-5-2-1-3-6-10/h1-3,5-6,11,15H,4,7,9H2,(H,14,16). The summed E-state index contributed by atoms with van der Waals surface area (Å²) >= 11 is 0. The van der Waals surface area contributed by atoms with Crippen LogP contribution in [0.15, 0.2) is 30.3 Å². The molecule has 0 aromatic heterocycles. The molecule has 0 saturated carbocycles. The van der Waals surface area contributed by atoms with Gasteiger partial charge < -0.3 is 10.4 Å². The van der Waals surface area contributed by atoms with E-state index in [1.54, 1.807) is 24.3 Å². The zero-order chi connectivity index (χ0) is 11.8. The number of rotatable bonds is 5. The molecule has 0 saturated heterocycles. The van der Waals surface area contributed by atoms with Gasteiger partial charge in [-0.2, -0.15) is 5.26 Å². The SMILES string of the molecule is N#CCCC(CO)NC(=O)c1ccccc1. The minimum absolute atomic E-state index is 0.153. The second-order valence-corrected chi connectivity index (χ2v) is 3.42. The lowest BCUT2D eigenvalue weighted by Crippen LogP contribution is -2.37. The van der Waals surface area contributed by atoms with Crippen LogP contribution in [-0.2, 0) is 0 Å². The van der Waals surface area contributed by atoms with Gasteiger partial charge in [0, 0.05) is 12.0 Å². The van der Waals surface area contributed by atoms with Crippen LogP contribution in [0.4, 0.5) is 0 Å². The third-order valence-electron chi connectivity index (χ3n) is 2.20. The summed E-state index contributed by atoms with van der Waals surface area (Å²) in [5, 5.41) is 20.1. The minimum Gasteiger partial charge on any atom is -0.394 e. The number of hydrogen-bond donors (Lipinski definition) is 2. The lowest BCUT2D eigenvalue weighted by atomic mass is 10.1. The van der Waals surface area contributed by atoms with Crippen LogP contribution < -0.4 is 5.32 Å². The number of amides is 1. The average Bonchev–Trinajstić information content (AvgIpc) is 2.35. The summed E-state index contributed by atoms with van der Waals surface area (Å²) in [7, 11) is 0. The Balaban J connectivity index is 2.53. The molecule has 0 aliphatic heterocycles. The zero-order valence-electron chi connectivity index (χ0n) is 8.89. The number of aliphatic hydroxyl groups is 1. The third-order valence-corrected chi connectivity index (χ3v) is 2.20. The molecule has 0 aliphatic carbocycles. The van der Waals surface area contributed by atoms with E-state index in [1.807, 2.05) is 12.1 Å². The van der Waals surface area contributed by atoms with Crippen LogP contribution in [-0.4, -0.2) is 23.7 Å². The molecule has 0 fully saturated rings. The quantitative estimate of drug-likeness (QED) is 0.776. The summed E-state index contributed by atoms with van der Waals surface area (Å²) in [6.07, 6.45) is 0.784. The Morgan fingerprint density at radius 3 is 2.69 bits per heavy atom. The molecule has 1 unspecified atom stereocenters. The molecule has 0 aliphatic rings. The van der Waals surface area contributed by atoms with Crippen LogP contribution in [0.25, 0.3) is 0 Å². The second-order valence-electron chi connectivity index (χ2n) is 3.42. The summed E-state index contributed by atoms with van der Waals surface area (Å²) in [5.74, 6) is -0.224. The van der Waals surface area contributed by atoms with E-state index in [9.17, 15) is 4.79 Å². The summed E-state index contributed by atoms with van der Waals surface area (Å²) in [5.41, 5.74) is 0.554. The molecule has 84 valence electrons. The molecule has 0 spiro atoms. The van der Waals surface area contributed by atoms with Crippen molar-refractivity contribution in [1.29, 1.82) is 5.26 Å². The molecule has 1 amide bonds. The summed E-state index contributed by atoms with van der Waals surface area (Å²) in [6.45, 7) is -0.153. The van der Waals surface area contributed by atoms with Crippen molar-refractivity contribution >= 4 is 5.91 Å². The number of aliphatic hydroxyl groups excluding tert-OH is 1. The van der Waals surface area contributed by atoms with E-state index in [-0.39, 0.29) is 18.6 Å². The van der Waals surface area contributed by atoms with Gasteiger partial charge in [0.25, 0.3) is 5.91 Å². The van der Waals surface area contributed by atoms with E-state index < -0.39 is 0 Å². The molecule has 4 heteroatoms. The minimum atomic E-state index is -0.354. The first-order chi connectivity index (χ1) is 7.77. The van der Waals surface area contributed by atoms with Gasteiger partial charge in [-0.3, -0.25) is 4.79 Å². The fourth-order valence-corrected chi connectivity index (χ4v) is 1.31. The van der Waals surface area contributed by atoms with Crippen LogP contribution in [0.3, 0.4) is 0 Å². The van der Waals surface area contributed by atoms with Gasteiger partial charge >= 0.3 is 0 Å². The van der Waals surface area contributed by atoms with Crippen LogP contribution >= 0.6 is 0 Å². The highest BCUT2D eigenvalue weighted by Gasteiger charge is 2.11. The fourth-order valence-electron chi connectivity index (χ4n) is 1.31. The smallest absolute Gasteiger partial charge is 0.251 e. The fraction of sp³-hybridized carbons (Fsp3) is 0.333. The number of nitriles is 1. The van der Waals surface area contributed by atoms with Crippen molar-refractivity contribution in [3.8, 4) is 6.07 Å². The van der Waals surface area contributed by atoms with E-state index in [0.717, 1.165) is 0 Å². The Hall–Kier alpha value is -1.86. The second kappa shape index (κ2) is 6.59. The summed E-state index contributed by atoms with van der Waals surface area (Å²) in [4.78, 5) is 11.7. The maximum Gasteiger partial charge on any atom is 0.251 e. The average molecular weight is 218 g/mol. The van der Waals surface area contributed by atoms with Crippen molar-refractivity contribution in [3.05, 3.63) is 35.9 Å². The van der Waals surface area contributed by atoms with Crippen LogP contribution in [0.5, 0.6) is 0 Å². The van der Waals surface area contributed by atoms with Gasteiger partial charge in [-0.05, 0) is 18.6 Å². The lowest BCUT2D eigenvalue weighted by molar-refractivity contribution is 0.0913. The maximum atomic E-state index is 11.7. The van der Waals surface area contributed by atoms with Gasteiger partial charge in [0.05, 0.1) is 18.7 Å². The van der Waals surface area contributed by atoms with Crippen molar-refractivity contribution in [1.82, 2.24) is 5.32 Å². The van der Waals surface area contributed by atoms with Crippen molar-refractivity contribution in [2.45, 2.75) is 18.9 Å². The Morgan fingerprint density at radius 2 is 2.12 bits per heavy atom. The molecule has 1 aromatic rings. The normalized spacial score (nSPS) is 11.5. The Kier molecular flexibility index (Phi) is 5.03. The molecule has 0 radical (unpaired) electrons. The van der Waals surface area contributed by atoms with Crippen LogP contribution in [0, 0.1) is 11.3 Å². The van der Waals surface area contributed by atoms with Crippen molar-refractivity contribution in [3.63, 3.8) is 0 Å². The Labute approximate surface area is 94.5 Å². The Morgan fingerprint density at radius 1 is 1.44 bits per heavy atom. The highest BCUT2D eigenvalue weighted by Crippen LogP contribution is 2.01. The van der Waals surface area contributed by atoms with E-state index in [0.29, 0.717) is 18.4 Å². The third kappa shape index (κ3) is 3.71. The molecule has 0 bridgehead atoms. The molecule has 4 nitrogen and oxygen atoms in total. The predicted molar refractivity (Wildman–Crippen MR) is 59.6 cm³/mol. The monoisotopic (exact) mass is 218 g/mol. The molecule has 16 heavy (non-hydrogen) atoms. The predicted octanol–water partition coefficient (Wildman–Crippen LogP) is 1.08. The molecular weight excluding hydrogens is 204 g/mol. The number of hydrogen-bond acceptors (Lipinski definition) is 3. The first-order valence-corrected chi connectivity index (χ1v) is 5.11. The van der Waals surface area contributed by atoms with Gasteiger partial charge in [0.15, 0.2) is 0 Å². The molecule has 1 rings (SSSR count). The molecule has 1 atom stereocenters. The topological polar surface area (TPSA) is 73.1 Å². The van der Waals surface area contributed by atoms with Crippen molar-refractivity contribution in [2.75, 3.05) is 6.61 Å². The maximum absolute atomic E-state index is 11.7. The van der Waals surface area contributed by atoms with E-state index in [2.05, 4.69) is 5.32 Å². The van der Waals surface area contributed by atoms with Gasteiger partial charge in [-0.1, -0.05) is 18.2 Å². The molecular formula is C12H14N2O2. The van der Waals surface area contributed by atoms with E-state index in [1.165, 1.54) is 0 Å². The zero-order valence-corrected chi connectivity index (χ0v) is 8.89. The van der Waals surface area contributed by atoms with Gasteiger partial charge in [0.1, 0.15) is 0 Å². The van der Waals surface area contributed by atoms with Crippen molar-refractivity contribution < 1.29 is 9.90 Å². The number of benzene rings is 1. The van der Waals surface area contributed by atoms with Gasteiger partial charge in [-0.25, -0.2) is 0 Å². The largest absolute Gasteiger partial charge is 0.394 e. The van der Waals surface area contributed by atoms with E-state index in [4.69, 9.17) is 10.4 Å². The summed E-state index contributed by atoms with van der Waals surface area (Å²) in [6, 6.07) is 10.4. The number of carbonyl (C=O) groups excluding carboxylic acids is 1. The number of nitrogens with one attached hydrogen (secondary N) is 1. The highest BCUT2D eigenvalue weighted by atomic mass is 16.3. The molecule has 1 aromatic carbocycles. The lowest BCUT2D eigenvalue weighted by Gasteiger charge is -2.14. The molecule has 0 heterocycles.